The molecule has 0 aliphatic heterocycles. The molecule has 0 aliphatic carbocycles. The molecule has 2 heteroatoms. The molecule has 0 N–H and O–H groups in total. The molecule has 0 amide bonds. The first kappa shape index (κ1) is 16.6. The van der Waals surface area contributed by atoms with Gasteiger partial charge in [0.15, 0.2) is 0 Å². The molecule has 108 valence electrons. The largest absolute Gasteiger partial charge is 0.381 e. The van der Waals surface area contributed by atoms with Crippen LogP contribution in [-0.4, -0.2) is 19.0 Å². The highest BCUT2D eigenvalue weighted by atomic mass is 32.2. The highest BCUT2D eigenvalue weighted by Gasteiger charge is 2.07. The summed E-state index contributed by atoms with van der Waals surface area (Å²) in [6, 6.07) is 10.6. The molecule has 0 unspecified atom stereocenters. The molecule has 1 aromatic rings. The Bertz CT molecular complexity index is 299. The number of hydrogen-bond acceptors (Lipinski definition) is 2. The van der Waals surface area contributed by atoms with Crippen molar-refractivity contribution in [2.75, 3.05) is 12.9 Å². The fourth-order valence-electron chi connectivity index (χ4n) is 2.18. The molecule has 1 rings (SSSR count). The maximum atomic E-state index is 5.58. The minimum Gasteiger partial charge on any atom is -0.381 e. The van der Waals surface area contributed by atoms with Crippen molar-refractivity contribution in [3.05, 3.63) is 30.3 Å². The van der Waals surface area contributed by atoms with Crippen molar-refractivity contribution in [2.45, 2.75) is 62.9 Å². The van der Waals surface area contributed by atoms with Crippen LogP contribution in [0.2, 0.25) is 0 Å². The molecule has 0 bridgehead atoms. The number of unbranched alkanes of at least 4 members (excludes halogenated alkanes) is 4. The summed E-state index contributed by atoms with van der Waals surface area (Å²) in [6.45, 7) is 2.26. The van der Waals surface area contributed by atoms with Gasteiger partial charge in [-0.25, -0.2) is 0 Å². The van der Waals surface area contributed by atoms with Gasteiger partial charge < -0.3 is 4.74 Å². The molecule has 0 spiro atoms. The van der Waals surface area contributed by atoms with Gasteiger partial charge in [-0.3, -0.25) is 0 Å². The van der Waals surface area contributed by atoms with Crippen LogP contribution in [0.5, 0.6) is 0 Å². The van der Waals surface area contributed by atoms with E-state index in [1.54, 1.807) is 0 Å². The topological polar surface area (TPSA) is 9.23 Å². The molecule has 0 radical (unpaired) electrons. The van der Waals surface area contributed by atoms with Crippen LogP contribution >= 0.6 is 11.8 Å². The van der Waals surface area contributed by atoms with Crippen molar-refractivity contribution in [3.63, 3.8) is 0 Å². The van der Waals surface area contributed by atoms with Crippen molar-refractivity contribution in [2.24, 2.45) is 0 Å². The summed E-state index contributed by atoms with van der Waals surface area (Å²) in [6.07, 6.45) is 9.57. The van der Waals surface area contributed by atoms with Crippen LogP contribution in [0.4, 0.5) is 0 Å². The maximum absolute atomic E-state index is 5.58. The SMILES string of the molecule is CCCCCCC[C@H](CCSc1ccccc1)OC. The molecule has 1 atom stereocenters. The van der Waals surface area contributed by atoms with Gasteiger partial charge in [-0.2, -0.15) is 0 Å². The molecule has 0 aliphatic rings. The second-order valence-corrected chi connectivity index (χ2v) is 6.18. The lowest BCUT2D eigenvalue weighted by molar-refractivity contribution is 0.0907. The Morgan fingerprint density at radius 2 is 1.74 bits per heavy atom. The summed E-state index contributed by atoms with van der Waals surface area (Å²) in [4.78, 5) is 1.36. The van der Waals surface area contributed by atoms with Crippen molar-refractivity contribution in [1.82, 2.24) is 0 Å². The number of thioether (sulfide) groups is 1. The molecule has 0 aromatic heterocycles. The average molecular weight is 280 g/mol. The van der Waals surface area contributed by atoms with Gasteiger partial charge in [-0.05, 0) is 25.0 Å². The van der Waals surface area contributed by atoms with E-state index in [0.29, 0.717) is 6.10 Å². The van der Waals surface area contributed by atoms with Crippen LogP contribution in [-0.2, 0) is 4.74 Å². The van der Waals surface area contributed by atoms with Crippen LogP contribution < -0.4 is 0 Å². The van der Waals surface area contributed by atoms with E-state index in [2.05, 4.69) is 37.3 Å². The smallest absolute Gasteiger partial charge is 0.0579 e. The summed E-state index contributed by atoms with van der Waals surface area (Å²) in [5.74, 6) is 1.15. The third-order valence-corrected chi connectivity index (χ3v) is 4.46. The van der Waals surface area contributed by atoms with Crippen LogP contribution in [0.15, 0.2) is 35.2 Å². The Kier molecular flexibility index (Phi) is 9.92. The predicted octanol–water partition coefficient (Wildman–Crippen LogP) is 5.54. The normalized spacial score (nSPS) is 12.5. The van der Waals surface area contributed by atoms with E-state index in [9.17, 15) is 0 Å². The number of hydrogen-bond donors (Lipinski definition) is 0. The first-order chi connectivity index (χ1) is 9.36. The summed E-state index contributed by atoms with van der Waals surface area (Å²) in [5.41, 5.74) is 0. The van der Waals surface area contributed by atoms with Gasteiger partial charge in [0.25, 0.3) is 0 Å². The zero-order chi connectivity index (χ0) is 13.8. The highest BCUT2D eigenvalue weighted by molar-refractivity contribution is 7.99. The Morgan fingerprint density at radius 3 is 2.42 bits per heavy atom. The predicted molar refractivity (Wildman–Crippen MR) is 86.0 cm³/mol. The highest BCUT2D eigenvalue weighted by Crippen LogP contribution is 2.20. The van der Waals surface area contributed by atoms with Crippen molar-refractivity contribution in [3.8, 4) is 0 Å². The Balaban J connectivity index is 2.08. The number of benzene rings is 1. The monoisotopic (exact) mass is 280 g/mol. The van der Waals surface area contributed by atoms with Gasteiger partial charge in [0.1, 0.15) is 0 Å². The molecular formula is C17H28OS. The molecule has 0 saturated heterocycles. The molecule has 0 saturated carbocycles. The van der Waals surface area contributed by atoms with Crippen LogP contribution in [0.3, 0.4) is 0 Å². The number of rotatable bonds is 11. The van der Waals surface area contributed by atoms with Gasteiger partial charge in [-0.15, -0.1) is 11.8 Å². The van der Waals surface area contributed by atoms with Crippen LogP contribution in [0, 0.1) is 0 Å². The zero-order valence-electron chi connectivity index (χ0n) is 12.4. The fourth-order valence-corrected chi connectivity index (χ4v) is 3.15. The van der Waals surface area contributed by atoms with Gasteiger partial charge >= 0.3 is 0 Å². The van der Waals surface area contributed by atoms with E-state index in [-0.39, 0.29) is 0 Å². The molecular weight excluding hydrogens is 252 g/mol. The summed E-state index contributed by atoms with van der Waals surface area (Å²) in [7, 11) is 1.85. The molecule has 19 heavy (non-hydrogen) atoms. The standard InChI is InChI=1S/C17H28OS/c1-3-4-5-6-8-11-16(18-2)14-15-19-17-12-9-7-10-13-17/h7,9-10,12-13,16H,3-6,8,11,14-15H2,1-2H3/t16-/m1/s1. The lowest BCUT2D eigenvalue weighted by Crippen LogP contribution is -2.11. The van der Waals surface area contributed by atoms with E-state index >= 15 is 0 Å². The third kappa shape index (κ3) is 8.33. The van der Waals surface area contributed by atoms with Crippen LogP contribution in [0.1, 0.15) is 51.9 Å². The van der Waals surface area contributed by atoms with E-state index in [0.717, 1.165) is 12.2 Å². The zero-order valence-corrected chi connectivity index (χ0v) is 13.3. The molecule has 1 aromatic carbocycles. The maximum Gasteiger partial charge on any atom is 0.0579 e. The Labute approximate surface area is 123 Å². The summed E-state index contributed by atoms with van der Waals surface area (Å²) >= 11 is 1.93. The molecule has 0 fully saturated rings. The van der Waals surface area contributed by atoms with Gasteiger partial charge in [0.05, 0.1) is 6.10 Å². The van der Waals surface area contributed by atoms with Crippen molar-refractivity contribution < 1.29 is 4.74 Å². The number of methoxy groups -OCH3 is 1. The van der Waals surface area contributed by atoms with Gasteiger partial charge in [0, 0.05) is 17.8 Å². The third-order valence-electron chi connectivity index (χ3n) is 3.41. The number of ether oxygens (including phenoxy) is 1. The Morgan fingerprint density at radius 1 is 1.00 bits per heavy atom. The second kappa shape index (κ2) is 11.4. The average Bonchev–Trinajstić information content (AvgIpc) is 2.46. The second-order valence-electron chi connectivity index (χ2n) is 5.01. The van der Waals surface area contributed by atoms with E-state index in [1.807, 2.05) is 18.9 Å². The molecule has 1 nitrogen and oxygen atoms in total. The van der Waals surface area contributed by atoms with Gasteiger partial charge in [0.2, 0.25) is 0 Å². The molecule has 0 heterocycles. The van der Waals surface area contributed by atoms with Crippen molar-refractivity contribution >= 4 is 11.8 Å². The van der Waals surface area contributed by atoms with E-state index in [4.69, 9.17) is 4.74 Å². The first-order valence-electron chi connectivity index (χ1n) is 7.57. The minimum absolute atomic E-state index is 0.442. The quantitative estimate of drug-likeness (QED) is 0.388. The first-order valence-corrected chi connectivity index (χ1v) is 8.56. The van der Waals surface area contributed by atoms with E-state index in [1.165, 1.54) is 43.4 Å². The lowest BCUT2D eigenvalue weighted by Gasteiger charge is -2.14. The van der Waals surface area contributed by atoms with E-state index < -0.39 is 0 Å². The van der Waals surface area contributed by atoms with Crippen LogP contribution in [0.25, 0.3) is 0 Å². The minimum atomic E-state index is 0.442. The lowest BCUT2D eigenvalue weighted by atomic mass is 10.1. The fraction of sp³-hybridized carbons (Fsp3) is 0.647. The summed E-state index contributed by atoms with van der Waals surface area (Å²) < 4.78 is 5.58. The van der Waals surface area contributed by atoms with Crippen molar-refractivity contribution in [1.29, 1.82) is 0 Å². The Hall–Kier alpha value is -0.470. The van der Waals surface area contributed by atoms with Gasteiger partial charge in [-0.1, -0.05) is 57.2 Å². The summed E-state index contributed by atoms with van der Waals surface area (Å²) in [5, 5.41) is 0.